The Morgan fingerprint density at radius 1 is 1.33 bits per heavy atom. The van der Waals surface area contributed by atoms with Crippen LogP contribution in [0.5, 0.6) is 0 Å². The van der Waals surface area contributed by atoms with Gasteiger partial charge in [-0.2, -0.15) is 5.26 Å². The largest absolute Gasteiger partial charge is 0.324 e. The molecule has 0 radical (unpaired) electrons. The van der Waals surface area contributed by atoms with E-state index in [0.717, 1.165) is 5.56 Å². The molecule has 1 N–H and O–H groups in total. The van der Waals surface area contributed by atoms with Gasteiger partial charge in [-0.25, -0.2) is 0 Å². The Balaban J connectivity index is 2.01. The highest BCUT2D eigenvalue weighted by Crippen LogP contribution is 2.08. The van der Waals surface area contributed by atoms with Crippen LogP contribution < -0.4 is 5.32 Å². The van der Waals surface area contributed by atoms with Crippen molar-refractivity contribution in [2.75, 3.05) is 5.32 Å². The van der Waals surface area contributed by atoms with Crippen molar-refractivity contribution < 1.29 is 4.79 Å². The van der Waals surface area contributed by atoms with Gasteiger partial charge in [-0.1, -0.05) is 6.07 Å². The van der Waals surface area contributed by atoms with Crippen LogP contribution in [0.2, 0.25) is 0 Å². The molecule has 0 spiro atoms. The molecule has 0 bridgehead atoms. The summed E-state index contributed by atoms with van der Waals surface area (Å²) in [6, 6.07) is 7.15. The number of carbonyl (C=O) groups is 1. The lowest BCUT2D eigenvalue weighted by Gasteiger charge is -2.04. The summed E-state index contributed by atoms with van der Waals surface area (Å²) in [7, 11) is 0. The number of nitrogens with one attached hydrogen (secondary N) is 1. The maximum Gasteiger partial charge on any atom is 0.228 e. The molecule has 5 nitrogen and oxygen atoms in total. The van der Waals surface area contributed by atoms with E-state index in [-0.39, 0.29) is 12.3 Å². The smallest absolute Gasteiger partial charge is 0.228 e. The predicted octanol–water partition coefficient (Wildman–Crippen LogP) is 1.53. The zero-order valence-electron chi connectivity index (χ0n) is 9.50. The zero-order valence-corrected chi connectivity index (χ0v) is 9.50. The summed E-state index contributed by atoms with van der Waals surface area (Å²) in [5, 5.41) is 11.4. The van der Waals surface area contributed by atoms with E-state index < -0.39 is 0 Å². The third-order valence-corrected chi connectivity index (χ3v) is 2.24. The minimum atomic E-state index is -0.167. The van der Waals surface area contributed by atoms with E-state index in [2.05, 4.69) is 15.3 Å². The minimum absolute atomic E-state index is 0.167. The standard InChI is InChI=1S/C13H10N4O/c14-6-11-4-12(9-16-8-11)17-13(18)5-10-2-1-3-15-7-10/h1-4,7-9H,5H2,(H,17,18). The number of hydrogen-bond donors (Lipinski definition) is 1. The highest BCUT2D eigenvalue weighted by Gasteiger charge is 2.04. The van der Waals surface area contributed by atoms with E-state index in [4.69, 9.17) is 5.26 Å². The number of amides is 1. The van der Waals surface area contributed by atoms with Crippen molar-refractivity contribution in [3.63, 3.8) is 0 Å². The van der Waals surface area contributed by atoms with Crippen molar-refractivity contribution in [1.82, 2.24) is 9.97 Å². The van der Waals surface area contributed by atoms with E-state index in [9.17, 15) is 4.79 Å². The molecule has 0 fully saturated rings. The first-order valence-electron chi connectivity index (χ1n) is 5.32. The van der Waals surface area contributed by atoms with Gasteiger partial charge in [-0.3, -0.25) is 14.8 Å². The van der Waals surface area contributed by atoms with Gasteiger partial charge in [-0.05, 0) is 17.7 Å². The molecule has 0 atom stereocenters. The Bertz CT molecular complexity index is 589. The van der Waals surface area contributed by atoms with Crippen molar-refractivity contribution in [3.8, 4) is 6.07 Å². The van der Waals surface area contributed by atoms with Crippen LogP contribution >= 0.6 is 0 Å². The van der Waals surface area contributed by atoms with Crippen molar-refractivity contribution >= 4 is 11.6 Å². The van der Waals surface area contributed by atoms with Gasteiger partial charge in [0.05, 0.1) is 23.9 Å². The topological polar surface area (TPSA) is 78.7 Å². The third-order valence-electron chi connectivity index (χ3n) is 2.24. The Morgan fingerprint density at radius 3 is 2.94 bits per heavy atom. The van der Waals surface area contributed by atoms with Gasteiger partial charge in [0.2, 0.25) is 5.91 Å². The van der Waals surface area contributed by atoms with Crippen LogP contribution in [0, 0.1) is 11.3 Å². The Labute approximate surface area is 104 Å². The summed E-state index contributed by atoms with van der Waals surface area (Å²) < 4.78 is 0. The number of nitriles is 1. The van der Waals surface area contributed by atoms with Crippen LogP contribution in [0.1, 0.15) is 11.1 Å². The van der Waals surface area contributed by atoms with Gasteiger partial charge >= 0.3 is 0 Å². The SMILES string of the molecule is N#Cc1cncc(NC(=O)Cc2cccnc2)c1. The fourth-order valence-corrected chi connectivity index (χ4v) is 1.46. The van der Waals surface area contributed by atoms with Crippen LogP contribution in [0.15, 0.2) is 43.0 Å². The summed E-state index contributed by atoms with van der Waals surface area (Å²) in [6.07, 6.45) is 6.48. The maximum absolute atomic E-state index is 11.7. The van der Waals surface area contributed by atoms with Crippen LogP contribution in [0.4, 0.5) is 5.69 Å². The van der Waals surface area contributed by atoms with Crippen molar-refractivity contribution in [1.29, 1.82) is 5.26 Å². The fraction of sp³-hybridized carbons (Fsp3) is 0.0769. The number of aromatic nitrogens is 2. The molecular weight excluding hydrogens is 228 g/mol. The molecule has 0 aromatic carbocycles. The summed E-state index contributed by atoms with van der Waals surface area (Å²) in [6.45, 7) is 0. The van der Waals surface area contributed by atoms with E-state index in [1.165, 1.54) is 12.4 Å². The molecule has 0 saturated carbocycles. The predicted molar refractivity (Wildman–Crippen MR) is 65.5 cm³/mol. The molecule has 0 aliphatic rings. The number of rotatable bonds is 3. The van der Waals surface area contributed by atoms with Gasteiger partial charge in [0.1, 0.15) is 6.07 Å². The average Bonchev–Trinajstić information content (AvgIpc) is 2.40. The summed E-state index contributed by atoms with van der Waals surface area (Å²) in [5.74, 6) is -0.167. The molecule has 2 heterocycles. The lowest BCUT2D eigenvalue weighted by Crippen LogP contribution is -2.14. The first-order chi connectivity index (χ1) is 8.78. The molecule has 0 saturated heterocycles. The summed E-state index contributed by atoms with van der Waals surface area (Å²) in [5.41, 5.74) is 1.76. The normalized spacial score (nSPS) is 9.50. The first-order valence-corrected chi connectivity index (χ1v) is 5.32. The molecule has 0 unspecified atom stereocenters. The molecule has 2 aromatic heterocycles. The highest BCUT2D eigenvalue weighted by atomic mass is 16.1. The Kier molecular flexibility index (Phi) is 3.62. The van der Waals surface area contributed by atoms with E-state index >= 15 is 0 Å². The zero-order chi connectivity index (χ0) is 12.8. The van der Waals surface area contributed by atoms with Gasteiger partial charge in [0, 0.05) is 18.6 Å². The molecule has 88 valence electrons. The number of nitrogens with zero attached hydrogens (tertiary/aromatic N) is 3. The minimum Gasteiger partial charge on any atom is -0.324 e. The van der Waals surface area contributed by atoms with Crippen LogP contribution in [-0.4, -0.2) is 15.9 Å². The van der Waals surface area contributed by atoms with Crippen molar-refractivity contribution in [2.24, 2.45) is 0 Å². The number of anilines is 1. The molecule has 0 aliphatic heterocycles. The van der Waals surface area contributed by atoms with Gasteiger partial charge in [-0.15, -0.1) is 0 Å². The van der Waals surface area contributed by atoms with Crippen LogP contribution in [0.3, 0.4) is 0 Å². The number of pyridine rings is 2. The Morgan fingerprint density at radius 2 is 2.22 bits per heavy atom. The quantitative estimate of drug-likeness (QED) is 0.879. The van der Waals surface area contributed by atoms with Crippen LogP contribution in [0.25, 0.3) is 0 Å². The molecular formula is C13H10N4O. The van der Waals surface area contributed by atoms with E-state index in [0.29, 0.717) is 11.3 Å². The second-order valence-electron chi connectivity index (χ2n) is 3.66. The second kappa shape index (κ2) is 5.55. The van der Waals surface area contributed by atoms with Crippen molar-refractivity contribution in [3.05, 3.63) is 54.1 Å². The average molecular weight is 238 g/mol. The molecule has 0 aliphatic carbocycles. The van der Waals surface area contributed by atoms with E-state index in [1.807, 2.05) is 12.1 Å². The van der Waals surface area contributed by atoms with Crippen LogP contribution in [-0.2, 0) is 11.2 Å². The van der Waals surface area contributed by atoms with Gasteiger partial charge in [0.15, 0.2) is 0 Å². The molecule has 18 heavy (non-hydrogen) atoms. The third kappa shape index (κ3) is 3.12. The lowest BCUT2D eigenvalue weighted by molar-refractivity contribution is -0.115. The highest BCUT2D eigenvalue weighted by molar-refractivity contribution is 5.92. The van der Waals surface area contributed by atoms with Gasteiger partial charge < -0.3 is 5.32 Å². The molecule has 5 heteroatoms. The monoisotopic (exact) mass is 238 g/mol. The van der Waals surface area contributed by atoms with Crippen molar-refractivity contribution in [2.45, 2.75) is 6.42 Å². The maximum atomic E-state index is 11.7. The summed E-state index contributed by atoms with van der Waals surface area (Å²) in [4.78, 5) is 19.5. The lowest BCUT2D eigenvalue weighted by atomic mass is 10.2. The summed E-state index contributed by atoms with van der Waals surface area (Å²) >= 11 is 0. The second-order valence-corrected chi connectivity index (χ2v) is 3.66. The fourth-order valence-electron chi connectivity index (χ4n) is 1.46. The molecule has 2 rings (SSSR count). The van der Waals surface area contributed by atoms with Gasteiger partial charge in [0.25, 0.3) is 0 Å². The Hall–Kier alpha value is -2.74. The molecule has 2 aromatic rings. The molecule has 1 amide bonds. The number of carbonyl (C=O) groups excluding carboxylic acids is 1. The first kappa shape index (κ1) is 11.7. The van der Waals surface area contributed by atoms with E-state index in [1.54, 1.807) is 24.5 Å². The number of hydrogen-bond acceptors (Lipinski definition) is 4.